The maximum absolute atomic E-state index is 4.60. The summed E-state index contributed by atoms with van der Waals surface area (Å²) in [6.45, 7) is 6.50. The molecule has 0 aliphatic rings. The molecular weight excluding hydrogens is 471 g/mol. The Morgan fingerprint density at radius 1 is 0.531 bits per heavy atom. The first kappa shape index (κ1) is 23.0. The van der Waals surface area contributed by atoms with Gasteiger partial charge in [0.05, 0.1) is 0 Å². The number of aryl methyl sites for hydroxylation is 4. The van der Waals surface area contributed by atoms with E-state index in [1.54, 1.807) is 0 Å². The van der Waals surface area contributed by atoms with Crippen molar-refractivity contribution in [3.63, 3.8) is 0 Å². The van der Waals surface area contributed by atoms with Gasteiger partial charge in [0, 0.05) is 0 Å². The monoisotopic (exact) mass is 502 g/mol. The zero-order valence-corrected chi connectivity index (χ0v) is 21.7. The fraction of sp³-hybridized carbons (Fsp3) is 0.200. The third-order valence-corrected chi connectivity index (χ3v) is 16.6. The number of rotatable bonds is 7. The molecule has 4 aromatic carbocycles. The van der Waals surface area contributed by atoms with Crippen LogP contribution in [0.25, 0.3) is 0 Å². The summed E-state index contributed by atoms with van der Waals surface area (Å²) in [4.78, 5) is 0. The standard InChI is InChI=1S/C30H32BrP/c1-24-11-17-28(18-12-24)32(31,29-19-13-25(2)14-20-29,30-21-15-26(3)16-22-30)23-7-10-27-8-5-4-6-9-27/h4-6,8-9,11-22H,7,10,23H2,1-3H3. The molecule has 0 spiro atoms. The Morgan fingerprint density at radius 2 is 0.906 bits per heavy atom. The molecule has 0 aliphatic carbocycles. The van der Waals surface area contributed by atoms with Crippen LogP contribution in [-0.2, 0) is 6.42 Å². The molecule has 4 rings (SSSR count). The molecule has 0 fully saturated rings. The molecule has 0 unspecified atom stereocenters. The van der Waals surface area contributed by atoms with E-state index in [0.29, 0.717) is 0 Å². The van der Waals surface area contributed by atoms with E-state index in [1.807, 2.05) is 0 Å². The van der Waals surface area contributed by atoms with Gasteiger partial charge in [-0.15, -0.1) is 0 Å². The van der Waals surface area contributed by atoms with Gasteiger partial charge >= 0.3 is 202 Å². The minimum atomic E-state index is -2.85. The summed E-state index contributed by atoms with van der Waals surface area (Å²) in [5.41, 5.74) is 5.29. The third-order valence-electron chi connectivity index (χ3n) is 6.60. The van der Waals surface area contributed by atoms with Gasteiger partial charge in [0.1, 0.15) is 0 Å². The van der Waals surface area contributed by atoms with Crippen LogP contribution >= 0.6 is 20.8 Å². The Morgan fingerprint density at radius 3 is 1.28 bits per heavy atom. The quantitative estimate of drug-likeness (QED) is 0.231. The molecule has 0 aromatic heterocycles. The molecule has 0 saturated carbocycles. The first-order valence-electron chi connectivity index (χ1n) is 11.4. The molecule has 0 N–H and O–H groups in total. The summed E-state index contributed by atoms with van der Waals surface area (Å²) in [5, 5.41) is 1.36. The minimum absolute atomic E-state index is 1.08. The van der Waals surface area contributed by atoms with E-state index in [-0.39, 0.29) is 0 Å². The zero-order valence-electron chi connectivity index (χ0n) is 19.3. The first-order valence-corrected chi connectivity index (χ1v) is 15.8. The van der Waals surface area contributed by atoms with Crippen molar-refractivity contribution in [2.75, 3.05) is 6.16 Å². The summed E-state index contributed by atoms with van der Waals surface area (Å²) < 4.78 is 0. The van der Waals surface area contributed by atoms with Gasteiger partial charge in [0.2, 0.25) is 0 Å². The number of hydrogen-bond donors (Lipinski definition) is 0. The fourth-order valence-electron chi connectivity index (χ4n) is 4.63. The number of halogens is 1. The fourth-order valence-corrected chi connectivity index (χ4v) is 12.2. The number of benzene rings is 4. The predicted molar refractivity (Wildman–Crippen MR) is 148 cm³/mol. The van der Waals surface area contributed by atoms with Gasteiger partial charge in [-0.2, -0.15) is 0 Å². The van der Waals surface area contributed by atoms with Crippen LogP contribution in [0, 0.1) is 20.8 Å². The Hall–Kier alpha value is -2.21. The van der Waals surface area contributed by atoms with Crippen molar-refractivity contribution in [1.82, 2.24) is 0 Å². The molecule has 164 valence electrons. The van der Waals surface area contributed by atoms with Crippen molar-refractivity contribution in [2.24, 2.45) is 0 Å². The second kappa shape index (κ2) is 9.34. The van der Waals surface area contributed by atoms with Crippen LogP contribution in [0.15, 0.2) is 103 Å². The van der Waals surface area contributed by atoms with Crippen molar-refractivity contribution in [2.45, 2.75) is 33.6 Å². The molecule has 0 saturated heterocycles. The summed E-state index contributed by atoms with van der Waals surface area (Å²) in [6.07, 6.45) is 3.27. The molecule has 0 nitrogen and oxygen atoms in total. The van der Waals surface area contributed by atoms with Gasteiger partial charge in [-0.3, -0.25) is 0 Å². The normalized spacial score (nSPS) is 12.8. The van der Waals surface area contributed by atoms with Crippen LogP contribution in [0.2, 0.25) is 0 Å². The van der Waals surface area contributed by atoms with Gasteiger partial charge in [0.25, 0.3) is 0 Å². The second-order valence-corrected chi connectivity index (χ2v) is 18.1. The van der Waals surface area contributed by atoms with Crippen molar-refractivity contribution in [1.29, 1.82) is 0 Å². The van der Waals surface area contributed by atoms with Gasteiger partial charge in [-0.1, -0.05) is 0 Å². The van der Waals surface area contributed by atoms with E-state index < -0.39 is 5.31 Å². The van der Waals surface area contributed by atoms with E-state index in [9.17, 15) is 0 Å². The second-order valence-electron chi connectivity index (χ2n) is 9.00. The molecule has 0 aliphatic heterocycles. The van der Waals surface area contributed by atoms with E-state index in [0.717, 1.165) is 19.0 Å². The maximum atomic E-state index is 4.60. The van der Waals surface area contributed by atoms with Crippen molar-refractivity contribution in [3.05, 3.63) is 125 Å². The molecule has 2 heteroatoms. The summed E-state index contributed by atoms with van der Waals surface area (Å²) >= 11 is 4.60. The summed E-state index contributed by atoms with van der Waals surface area (Å²) in [6, 6.07) is 38.5. The Kier molecular flexibility index (Phi) is 6.70. The molecule has 32 heavy (non-hydrogen) atoms. The predicted octanol–water partition coefficient (Wildman–Crippen LogP) is 7.38. The third kappa shape index (κ3) is 4.34. The topological polar surface area (TPSA) is 0 Å². The van der Waals surface area contributed by atoms with Crippen LogP contribution in [0.4, 0.5) is 0 Å². The van der Waals surface area contributed by atoms with Crippen molar-refractivity contribution in [3.8, 4) is 0 Å². The Bertz CT molecular complexity index is 1050. The molecule has 0 radical (unpaired) electrons. The molecule has 0 bridgehead atoms. The molecule has 0 heterocycles. The summed E-state index contributed by atoms with van der Waals surface area (Å²) in [5.74, 6) is 0. The van der Waals surface area contributed by atoms with Crippen molar-refractivity contribution >= 4 is 36.7 Å². The average Bonchev–Trinajstić information content (AvgIpc) is 2.81. The van der Waals surface area contributed by atoms with Gasteiger partial charge in [-0.25, -0.2) is 0 Å². The molecule has 0 amide bonds. The summed E-state index contributed by atoms with van der Waals surface area (Å²) in [7, 11) is 0. The Labute approximate surface area is 201 Å². The first-order chi connectivity index (χ1) is 15.4. The molecule has 0 atom stereocenters. The van der Waals surface area contributed by atoms with Crippen molar-refractivity contribution < 1.29 is 0 Å². The van der Waals surface area contributed by atoms with E-state index >= 15 is 0 Å². The van der Waals surface area contributed by atoms with E-state index in [1.165, 1.54) is 38.2 Å². The van der Waals surface area contributed by atoms with Crippen LogP contribution in [0.3, 0.4) is 0 Å². The van der Waals surface area contributed by atoms with E-state index in [4.69, 9.17) is 0 Å². The van der Waals surface area contributed by atoms with Gasteiger partial charge < -0.3 is 0 Å². The zero-order chi connectivity index (χ0) is 22.6. The van der Waals surface area contributed by atoms with E-state index in [2.05, 4.69) is 139 Å². The number of hydrogen-bond acceptors (Lipinski definition) is 0. The molecular formula is C30H32BrP. The van der Waals surface area contributed by atoms with Gasteiger partial charge in [-0.05, 0) is 0 Å². The van der Waals surface area contributed by atoms with Crippen LogP contribution < -0.4 is 15.9 Å². The van der Waals surface area contributed by atoms with Crippen LogP contribution in [0.1, 0.15) is 28.7 Å². The van der Waals surface area contributed by atoms with Crippen LogP contribution in [-0.4, -0.2) is 6.16 Å². The molecule has 4 aromatic rings. The van der Waals surface area contributed by atoms with Crippen LogP contribution in [0.5, 0.6) is 0 Å². The van der Waals surface area contributed by atoms with Gasteiger partial charge in [0.15, 0.2) is 0 Å². The Balaban J connectivity index is 1.91. The average molecular weight is 503 g/mol. The SMILES string of the molecule is Cc1ccc(P(Br)(CCCc2ccccc2)(c2ccc(C)cc2)c2ccc(C)cc2)cc1.